The summed E-state index contributed by atoms with van der Waals surface area (Å²) in [5.74, 6) is 1.42. The lowest BCUT2D eigenvalue weighted by atomic mass is 10.1. The molecule has 1 saturated heterocycles. The zero-order valence-corrected chi connectivity index (χ0v) is 11.9. The van der Waals surface area contributed by atoms with Crippen molar-refractivity contribution in [2.45, 2.75) is 25.8 Å². The summed E-state index contributed by atoms with van der Waals surface area (Å²) >= 11 is 0. The van der Waals surface area contributed by atoms with Gasteiger partial charge in [-0.15, -0.1) is 0 Å². The molecule has 0 amide bonds. The highest BCUT2D eigenvalue weighted by atomic mass is 16.1. The molecule has 1 unspecified atom stereocenters. The Morgan fingerprint density at radius 1 is 1.43 bits per heavy atom. The lowest BCUT2D eigenvalue weighted by molar-refractivity contribution is 0.521. The van der Waals surface area contributed by atoms with Crippen LogP contribution in [0, 0.1) is 6.92 Å². The number of nitrogens with one attached hydrogen (secondary N) is 2. The van der Waals surface area contributed by atoms with E-state index < -0.39 is 0 Å². The fourth-order valence-corrected chi connectivity index (χ4v) is 2.58. The smallest absolute Gasteiger partial charge is 0.252 e. The second-order valence-corrected chi connectivity index (χ2v) is 5.23. The van der Waals surface area contributed by atoms with Crippen molar-refractivity contribution in [1.82, 2.24) is 19.9 Å². The van der Waals surface area contributed by atoms with Gasteiger partial charge in [-0.3, -0.25) is 14.8 Å². The van der Waals surface area contributed by atoms with Crippen LogP contribution in [0.5, 0.6) is 0 Å². The Bertz CT molecular complexity index is 656. The highest BCUT2D eigenvalue weighted by molar-refractivity contribution is 5.36. The first-order valence-corrected chi connectivity index (χ1v) is 7.06. The maximum atomic E-state index is 11.6. The Labute approximate surface area is 122 Å². The topological polar surface area (TPSA) is 86.8 Å². The number of hydrogen-bond donors (Lipinski definition) is 2. The molecule has 2 aromatic rings. The van der Waals surface area contributed by atoms with E-state index in [1.807, 2.05) is 6.92 Å². The van der Waals surface area contributed by atoms with Crippen molar-refractivity contribution in [3.8, 4) is 0 Å². The molecule has 3 rings (SSSR count). The number of piperidine rings is 1. The van der Waals surface area contributed by atoms with Crippen molar-refractivity contribution in [3.63, 3.8) is 0 Å². The average Bonchev–Trinajstić information content (AvgIpc) is 2.47. The molecule has 2 N–H and O–H groups in total. The Morgan fingerprint density at radius 3 is 3.10 bits per heavy atom. The lowest BCUT2D eigenvalue weighted by Gasteiger charge is -2.33. The summed E-state index contributed by atoms with van der Waals surface area (Å²) < 4.78 is 0. The minimum Gasteiger partial charge on any atom is -0.364 e. The van der Waals surface area contributed by atoms with Gasteiger partial charge in [0.05, 0.1) is 6.20 Å². The van der Waals surface area contributed by atoms with Crippen LogP contribution in [0.3, 0.4) is 0 Å². The third-order valence-corrected chi connectivity index (χ3v) is 3.49. The molecule has 1 aliphatic heterocycles. The summed E-state index contributed by atoms with van der Waals surface area (Å²) in [7, 11) is 0. The molecule has 7 nitrogen and oxygen atoms in total. The second kappa shape index (κ2) is 5.90. The van der Waals surface area contributed by atoms with Gasteiger partial charge >= 0.3 is 0 Å². The summed E-state index contributed by atoms with van der Waals surface area (Å²) in [6.45, 7) is 3.51. The van der Waals surface area contributed by atoms with Gasteiger partial charge < -0.3 is 10.2 Å². The van der Waals surface area contributed by atoms with Gasteiger partial charge in [0.2, 0.25) is 5.95 Å². The third-order valence-electron chi connectivity index (χ3n) is 3.49. The molecule has 110 valence electrons. The maximum absolute atomic E-state index is 11.6. The molecule has 0 aliphatic carbocycles. The average molecular weight is 286 g/mol. The summed E-state index contributed by atoms with van der Waals surface area (Å²) in [6, 6.07) is 1.77. The monoisotopic (exact) mass is 286 g/mol. The van der Waals surface area contributed by atoms with Gasteiger partial charge in [0.1, 0.15) is 5.82 Å². The molecule has 7 heteroatoms. The molecule has 1 atom stereocenters. The van der Waals surface area contributed by atoms with Crippen molar-refractivity contribution < 1.29 is 0 Å². The standard InChI is InChI=1S/C14H18N6O/c1-10-7-13(21)19-14(17-10)20-6-2-3-11(9-20)18-12-8-15-4-5-16-12/h4-5,7-8,11H,2-3,6,9H2,1H3,(H,16,18)(H,17,19,21). The summed E-state index contributed by atoms with van der Waals surface area (Å²) in [4.78, 5) is 29.2. The lowest BCUT2D eigenvalue weighted by Crippen LogP contribution is -2.43. The van der Waals surface area contributed by atoms with E-state index in [4.69, 9.17) is 0 Å². The minimum atomic E-state index is -0.110. The van der Waals surface area contributed by atoms with E-state index in [-0.39, 0.29) is 11.6 Å². The molecule has 1 fully saturated rings. The quantitative estimate of drug-likeness (QED) is 0.873. The van der Waals surface area contributed by atoms with Crippen molar-refractivity contribution in [2.24, 2.45) is 0 Å². The maximum Gasteiger partial charge on any atom is 0.252 e. The molecule has 0 spiro atoms. The summed E-state index contributed by atoms with van der Waals surface area (Å²) in [6.07, 6.45) is 7.13. The predicted molar refractivity (Wildman–Crippen MR) is 80.5 cm³/mol. The van der Waals surface area contributed by atoms with Crippen LogP contribution >= 0.6 is 0 Å². The van der Waals surface area contributed by atoms with Crippen molar-refractivity contribution in [1.29, 1.82) is 0 Å². The molecule has 0 radical (unpaired) electrons. The summed E-state index contributed by atoms with van der Waals surface area (Å²) in [5, 5.41) is 3.37. The van der Waals surface area contributed by atoms with Gasteiger partial charge in [0, 0.05) is 43.3 Å². The number of aromatic amines is 1. The van der Waals surface area contributed by atoms with Gasteiger partial charge in [-0.2, -0.15) is 0 Å². The molecule has 3 heterocycles. The Balaban J connectivity index is 1.72. The van der Waals surface area contributed by atoms with Gasteiger partial charge in [-0.1, -0.05) is 0 Å². The van der Waals surface area contributed by atoms with Crippen LogP contribution in [-0.4, -0.2) is 39.1 Å². The van der Waals surface area contributed by atoms with Crippen LogP contribution in [0.15, 0.2) is 29.5 Å². The van der Waals surface area contributed by atoms with E-state index in [0.717, 1.165) is 37.4 Å². The van der Waals surface area contributed by atoms with E-state index >= 15 is 0 Å². The zero-order chi connectivity index (χ0) is 14.7. The molecule has 0 bridgehead atoms. The Hall–Kier alpha value is -2.44. The molecule has 21 heavy (non-hydrogen) atoms. The highest BCUT2D eigenvalue weighted by Gasteiger charge is 2.21. The van der Waals surface area contributed by atoms with Gasteiger partial charge in [-0.05, 0) is 19.8 Å². The van der Waals surface area contributed by atoms with Crippen molar-refractivity contribution >= 4 is 11.8 Å². The number of aromatic nitrogens is 4. The number of H-pyrrole nitrogens is 1. The third kappa shape index (κ3) is 3.36. The number of nitrogens with zero attached hydrogens (tertiary/aromatic N) is 4. The van der Waals surface area contributed by atoms with Gasteiger partial charge in [-0.25, -0.2) is 9.97 Å². The fourth-order valence-electron chi connectivity index (χ4n) is 2.58. The first-order valence-electron chi connectivity index (χ1n) is 7.06. The number of hydrogen-bond acceptors (Lipinski definition) is 6. The highest BCUT2D eigenvalue weighted by Crippen LogP contribution is 2.17. The van der Waals surface area contributed by atoms with Crippen molar-refractivity contribution in [2.75, 3.05) is 23.3 Å². The number of rotatable bonds is 3. The Kier molecular flexibility index (Phi) is 3.81. The van der Waals surface area contributed by atoms with Crippen LogP contribution in [0.4, 0.5) is 11.8 Å². The van der Waals surface area contributed by atoms with E-state index in [2.05, 4.69) is 30.2 Å². The van der Waals surface area contributed by atoms with E-state index in [1.165, 1.54) is 6.07 Å². The fraction of sp³-hybridized carbons (Fsp3) is 0.429. The second-order valence-electron chi connectivity index (χ2n) is 5.23. The van der Waals surface area contributed by atoms with E-state index in [0.29, 0.717) is 5.95 Å². The number of anilines is 2. The summed E-state index contributed by atoms with van der Waals surface area (Å²) in [5.41, 5.74) is 0.624. The van der Waals surface area contributed by atoms with Crippen LogP contribution in [0.25, 0.3) is 0 Å². The first-order chi connectivity index (χ1) is 10.2. The molecule has 2 aromatic heterocycles. The SMILES string of the molecule is Cc1cc(=O)[nH]c(N2CCCC(Nc3cnccn3)C2)n1. The first kappa shape index (κ1) is 13.5. The number of aryl methyl sites for hydroxylation is 1. The normalized spacial score (nSPS) is 18.5. The van der Waals surface area contributed by atoms with Crippen LogP contribution in [0.2, 0.25) is 0 Å². The molecule has 0 aromatic carbocycles. The Morgan fingerprint density at radius 2 is 2.33 bits per heavy atom. The van der Waals surface area contributed by atoms with E-state index in [9.17, 15) is 4.79 Å². The minimum absolute atomic E-state index is 0.110. The van der Waals surface area contributed by atoms with Gasteiger partial charge in [0.25, 0.3) is 5.56 Å². The molecule has 1 aliphatic rings. The molecular formula is C14H18N6O. The van der Waals surface area contributed by atoms with Crippen LogP contribution < -0.4 is 15.8 Å². The predicted octanol–water partition coefficient (Wildman–Crippen LogP) is 0.949. The zero-order valence-electron chi connectivity index (χ0n) is 11.9. The van der Waals surface area contributed by atoms with Crippen LogP contribution in [0.1, 0.15) is 18.5 Å². The molecular weight excluding hydrogens is 268 g/mol. The van der Waals surface area contributed by atoms with Crippen LogP contribution in [-0.2, 0) is 0 Å². The van der Waals surface area contributed by atoms with Crippen molar-refractivity contribution in [3.05, 3.63) is 40.7 Å². The molecule has 0 saturated carbocycles. The largest absolute Gasteiger partial charge is 0.364 e. The van der Waals surface area contributed by atoms with Gasteiger partial charge in [0.15, 0.2) is 0 Å². The van der Waals surface area contributed by atoms with E-state index in [1.54, 1.807) is 18.6 Å².